The Morgan fingerprint density at radius 2 is 2.04 bits per heavy atom. The molecule has 0 aliphatic heterocycles. The lowest BCUT2D eigenvalue weighted by atomic mass is 10.2. The van der Waals surface area contributed by atoms with Crippen LogP contribution < -0.4 is 5.56 Å². The summed E-state index contributed by atoms with van der Waals surface area (Å²) in [5, 5.41) is 8.51. The first-order chi connectivity index (χ1) is 12.6. The van der Waals surface area contributed by atoms with E-state index in [-0.39, 0.29) is 5.56 Å². The molecule has 4 rings (SSSR count). The number of hydrogen-bond donors (Lipinski definition) is 1. The van der Waals surface area contributed by atoms with Gasteiger partial charge >= 0.3 is 0 Å². The van der Waals surface area contributed by atoms with Gasteiger partial charge in [-0.1, -0.05) is 53.7 Å². The number of rotatable bonds is 4. The van der Waals surface area contributed by atoms with Gasteiger partial charge in [0.15, 0.2) is 10.8 Å². The van der Waals surface area contributed by atoms with Gasteiger partial charge in [-0.2, -0.15) is 5.10 Å². The number of aromatic nitrogens is 4. The molecule has 7 heteroatoms. The molecule has 0 bridgehead atoms. The van der Waals surface area contributed by atoms with Crippen molar-refractivity contribution in [2.45, 2.75) is 17.8 Å². The number of nitrogens with one attached hydrogen (secondary N) is 1. The third kappa shape index (κ3) is 3.13. The third-order valence-corrected chi connectivity index (χ3v) is 5.38. The summed E-state index contributed by atoms with van der Waals surface area (Å²) >= 11 is 7.73. The predicted molar refractivity (Wildman–Crippen MR) is 105 cm³/mol. The molecule has 4 aromatic rings. The van der Waals surface area contributed by atoms with Crippen LogP contribution in [0.15, 0.2) is 64.7 Å². The molecule has 26 heavy (non-hydrogen) atoms. The number of halogens is 1. The van der Waals surface area contributed by atoms with E-state index in [2.05, 4.69) is 15.2 Å². The second kappa shape index (κ2) is 6.97. The minimum Gasteiger partial charge on any atom is -0.268 e. The van der Waals surface area contributed by atoms with Gasteiger partial charge in [0.2, 0.25) is 0 Å². The van der Waals surface area contributed by atoms with Crippen LogP contribution in [0.2, 0.25) is 5.02 Å². The van der Waals surface area contributed by atoms with Crippen molar-refractivity contribution in [1.29, 1.82) is 0 Å². The topological polar surface area (TPSA) is 63.6 Å². The molecule has 0 spiro atoms. The zero-order valence-electron chi connectivity index (χ0n) is 13.9. The molecule has 5 nitrogen and oxygen atoms in total. The van der Waals surface area contributed by atoms with Crippen molar-refractivity contribution in [3.63, 3.8) is 0 Å². The molecule has 2 heterocycles. The number of aryl methyl sites for hydroxylation is 1. The van der Waals surface area contributed by atoms with E-state index in [0.29, 0.717) is 27.0 Å². The van der Waals surface area contributed by atoms with Crippen molar-refractivity contribution in [2.75, 3.05) is 0 Å². The highest BCUT2D eigenvalue weighted by Crippen LogP contribution is 2.27. The summed E-state index contributed by atoms with van der Waals surface area (Å²) in [5.74, 6) is 0.609. The summed E-state index contributed by atoms with van der Waals surface area (Å²) in [6, 6.07) is 15.5. The highest BCUT2D eigenvalue weighted by molar-refractivity contribution is 7.98. The number of H-pyrrole nitrogens is 1. The van der Waals surface area contributed by atoms with Crippen LogP contribution in [0.5, 0.6) is 0 Å². The first kappa shape index (κ1) is 16.9. The molecular formula is C19H15ClN4OS. The maximum absolute atomic E-state index is 13.0. The normalized spacial score (nSPS) is 11.2. The maximum Gasteiger partial charge on any atom is 0.269 e. The summed E-state index contributed by atoms with van der Waals surface area (Å²) in [6.07, 6.45) is 1.51. The fraction of sp³-hybridized carbons (Fsp3) is 0.105. The van der Waals surface area contributed by atoms with Gasteiger partial charge in [-0.3, -0.25) is 14.5 Å². The Labute approximate surface area is 159 Å². The van der Waals surface area contributed by atoms with E-state index in [1.165, 1.54) is 18.0 Å². The third-order valence-electron chi connectivity index (χ3n) is 4.03. The zero-order valence-corrected chi connectivity index (χ0v) is 15.5. The van der Waals surface area contributed by atoms with Crippen molar-refractivity contribution in [2.24, 2.45) is 0 Å². The smallest absolute Gasteiger partial charge is 0.268 e. The molecule has 0 aliphatic rings. The average Bonchev–Trinajstić information content (AvgIpc) is 3.10. The fourth-order valence-electron chi connectivity index (χ4n) is 2.72. The Kier molecular flexibility index (Phi) is 4.53. The highest BCUT2D eigenvalue weighted by atomic mass is 35.5. The van der Waals surface area contributed by atoms with Gasteiger partial charge in [-0.05, 0) is 36.2 Å². The van der Waals surface area contributed by atoms with E-state index >= 15 is 0 Å². The molecule has 0 atom stereocenters. The van der Waals surface area contributed by atoms with Gasteiger partial charge in [-0.15, -0.1) is 0 Å². The number of thioether (sulfide) groups is 1. The Morgan fingerprint density at radius 3 is 2.85 bits per heavy atom. The molecule has 1 N–H and O–H groups in total. The van der Waals surface area contributed by atoms with Crippen LogP contribution in [0.1, 0.15) is 11.1 Å². The predicted octanol–water partition coefficient (Wildman–Crippen LogP) is 4.36. The molecule has 130 valence electrons. The van der Waals surface area contributed by atoms with E-state index < -0.39 is 0 Å². The van der Waals surface area contributed by atoms with Gasteiger partial charge in [0, 0.05) is 10.8 Å². The van der Waals surface area contributed by atoms with Gasteiger partial charge in [0.25, 0.3) is 5.56 Å². The van der Waals surface area contributed by atoms with Crippen LogP contribution >= 0.6 is 23.4 Å². The summed E-state index contributed by atoms with van der Waals surface area (Å²) in [4.78, 5) is 17.6. The van der Waals surface area contributed by atoms with E-state index in [0.717, 1.165) is 16.8 Å². The highest BCUT2D eigenvalue weighted by Gasteiger charge is 2.15. The monoisotopic (exact) mass is 382 g/mol. The Morgan fingerprint density at radius 1 is 1.19 bits per heavy atom. The molecule has 2 aromatic heterocycles. The lowest BCUT2D eigenvalue weighted by Crippen LogP contribution is -2.21. The Bertz CT molecular complexity index is 1150. The van der Waals surface area contributed by atoms with E-state index in [1.807, 2.05) is 55.5 Å². The minimum absolute atomic E-state index is 0.143. The number of fused-ring (bicyclic) bond motifs is 1. The standard InChI is InChI=1S/C19H15ClN4OS/c1-12-5-4-7-14(9-12)24-18(25)15-10-21-23-17(15)22-19(24)26-11-13-6-2-3-8-16(13)20/h2-10H,11H2,1H3,(H,21,23). The van der Waals surface area contributed by atoms with Gasteiger partial charge in [-0.25, -0.2) is 4.98 Å². The van der Waals surface area contributed by atoms with E-state index in [9.17, 15) is 4.79 Å². The van der Waals surface area contributed by atoms with Crippen LogP contribution in [-0.4, -0.2) is 19.7 Å². The number of aromatic amines is 1. The van der Waals surface area contributed by atoms with Crippen molar-refractivity contribution < 1.29 is 0 Å². The largest absolute Gasteiger partial charge is 0.269 e. The number of benzene rings is 2. The van der Waals surface area contributed by atoms with E-state index in [1.54, 1.807) is 4.57 Å². The summed E-state index contributed by atoms with van der Waals surface area (Å²) in [6.45, 7) is 1.99. The molecular weight excluding hydrogens is 368 g/mol. The van der Waals surface area contributed by atoms with Crippen LogP contribution in [0.25, 0.3) is 16.7 Å². The summed E-state index contributed by atoms with van der Waals surface area (Å²) in [5.41, 5.74) is 3.20. The van der Waals surface area contributed by atoms with Crippen LogP contribution in [-0.2, 0) is 5.75 Å². The molecule has 0 saturated heterocycles. The summed E-state index contributed by atoms with van der Waals surface area (Å²) in [7, 11) is 0. The van der Waals surface area contributed by atoms with Gasteiger partial charge in [0.05, 0.1) is 11.9 Å². The maximum atomic E-state index is 13.0. The second-order valence-corrected chi connectivity index (χ2v) is 7.24. The first-order valence-electron chi connectivity index (χ1n) is 8.03. The quantitative estimate of drug-likeness (QED) is 0.420. The van der Waals surface area contributed by atoms with Crippen molar-refractivity contribution in [3.8, 4) is 5.69 Å². The molecule has 0 aliphatic carbocycles. The molecule has 2 aromatic carbocycles. The lowest BCUT2D eigenvalue weighted by Gasteiger charge is -2.12. The van der Waals surface area contributed by atoms with Crippen LogP contribution in [0, 0.1) is 6.92 Å². The van der Waals surface area contributed by atoms with Crippen LogP contribution in [0.4, 0.5) is 0 Å². The second-order valence-electron chi connectivity index (χ2n) is 5.89. The first-order valence-corrected chi connectivity index (χ1v) is 9.39. The molecule has 0 saturated carbocycles. The molecule has 0 amide bonds. The van der Waals surface area contributed by atoms with Crippen molar-refractivity contribution in [3.05, 3.63) is 81.2 Å². The van der Waals surface area contributed by atoms with Crippen LogP contribution in [0.3, 0.4) is 0 Å². The van der Waals surface area contributed by atoms with Crippen molar-refractivity contribution in [1.82, 2.24) is 19.7 Å². The van der Waals surface area contributed by atoms with Gasteiger partial charge in [0.1, 0.15) is 5.39 Å². The minimum atomic E-state index is -0.143. The SMILES string of the molecule is Cc1cccc(-n2c(SCc3ccccc3Cl)nc3[nH]ncc3c2=O)c1. The molecule has 0 radical (unpaired) electrons. The number of nitrogens with zero attached hydrogens (tertiary/aromatic N) is 3. The fourth-order valence-corrected chi connectivity index (χ4v) is 4.01. The van der Waals surface area contributed by atoms with Crippen molar-refractivity contribution >= 4 is 34.4 Å². The van der Waals surface area contributed by atoms with Gasteiger partial charge < -0.3 is 0 Å². The average molecular weight is 383 g/mol. The molecule has 0 unspecified atom stereocenters. The lowest BCUT2D eigenvalue weighted by molar-refractivity contribution is 0.815. The Balaban J connectivity index is 1.83. The Hall–Kier alpha value is -2.57. The summed E-state index contributed by atoms with van der Waals surface area (Å²) < 4.78 is 1.63. The number of hydrogen-bond acceptors (Lipinski definition) is 4. The van der Waals surface area contributed by atoms with E-state index in [4.69, 9.17) is 11.6 Å². The zero-order chi connectivity index (χ0) is 18.1. The molecule has 0 fully saturated rings.